The van der Waals surface area contributed by atoms with Crippen LogP contribution in [0.2, 0.25) is 0 Å². The van der Waals surface area contributed by atoms with Gasteiger partial charge in [-0.1, -0.05) is 12.1 Å². The minimum atomic E-state index is -0.560. The quantitative estimate of drug-likeness (QED) is 0.724. The van der Waals surface area contributed by atoms with Crippen LogP contribution >= 0.6 is 0 Å². The number of aromatic nitrogens is 2. The van der Waals surface area contributed by atoms with Crippen molar-refractivity contribution in [2.45, 2.75) is 6.04 Å². The third-order valence-electron chi connectivity index (χ3n) is 3.81. The standard InChI is InChI=1S/C17H15FN4O4/c1-22(17(24)14-8-26-10-21-14)15(11-2-4-12(18)5-3-11)6-19-16(23)13-7-25-9-20-13/h2-5,7-10,15H,6H2,1H3,(H,19,23). The molecule has 2 heterocycles. The smallest absolute Gasteiger partial charge is 0.276 e. The summed E-state index contributed by atoms with van der Waals surface area (Å²) in [6.07, 6.45) is 4.74. The van der Waals surface area contributed by atoms with Gasteiger partial charge >= 0.3 is 0 Å². The first-order chi connectivity index (χ1) is 12.6. The topological polar surface area (TPSA) is 101 Å². The van der Waals surface area contributed by atoms with Crippen molar-refractivity contribution in [3.8, 4) is 0 Å². The molecular formula is C17H15FN4O4. The fourth-order valence-electron chi connectivity index (χ4n) is 2.41. The number of halogens is 1. The Hall–Kier alpha value is -3.49. The molecular weight excluding hydrogens is 343 g/mol. The number of amides is 2. The van der Waals surface area contributed by atoms with E-state index in [4.69, 9.17) is 8.83 Å². The molecule has 1 unspecified atom stereocenters. The molecule has 0 spiro atoms. The summed E-state index contributed by atoms with van der Waals surface area (Å²) < 4.78 is 22.9. The number of nitrogens with zero attached hydrogens (tertiary/aromatic N) is 3. The van der Waals surface area contributed by atoms with Gasteiger partial charge in [-0.2, -0.15) is 0 Å². The largest absolute Gasteiger partial charge is 0.451 e. The summed E-state index contributed by atoms with van der Waals surface area (Å²) in [4.78, 5) is 33.6. The van der Waals surface area contributed by atoms with Gasteiger partial charge in [0.15, 0.2) is 24.2 Å². The maximum atomic E-state index is 13.2. The van der Waals surface area contributed by atoms with Crippen LogP contribution in [0.15, 0.2) is 58.4 Å². The summed E-state index contributed by atoms with van der Waals surface area (Å²) in [6, 6.07) is 5.12. The van der Waals surface area contributed by atoms with E-state index < -0.39 is 23.7 Å². The zero-order valence-electron chi connectivity index (χ0n) is 13.8. The van der Waals surface area contributed by atoms with Crippen molar-refractivity contribution in [3.05, 3.63) is 72.3 Å². The van der Waals surface area contributed by atoms with Gasteiger partial charge in [0.2, 0.25) is 0 Å². The van der Waals surface area contributed by atoms with Crippen molar-refractivity contribution in [2.24, 2.45) is 0 Å². The Bertz CT molecular complexity index is 863. The number of hydrogen-bond acceptors (Lipinski definition) is 6. The fraction of sp³-hybridized carbons (Fsp3) is 0.176. The predicted molar refractivity (Wildman–Crippen MR) is 86.6 cm³/mol. The Morgan fingerprint density at radius 3 is 2.31 bits per heavy atom. The monoisotopic (exact) mass is 358 g/mol. The van der Waals surface area contributed by atoms with Crippen LogP contribution in [-0.4, -0.2) is 40.3 Å². The molecule has 0 aliphatic carbocycles. The molecule has 0 aliphatic heterocycles. The lowest BCUT2D eigenvalue weighted by molar-refractivity contribution is 0.0711. The summed E-state index contributed by atoms with van der Waals surface area (Å²) in [5.41, 5.74) is 0.891. The summed E-state index contributed by atoms with van der Waals surface area (Å²) in [6.45, 7) is 0.0808. The van der Waals surface area contributed by atoms with Crippen LogP contribution in [-0.2, 0) is 0 Å². The number of carbonyl (C=O) groups is 2. The lowest BCUT2D eigenvalue weighted by Gasteiger charge is -2.28. The van der Waals surface area contributed by atoms with E-state index in [0.717, 1.165) is 12.8 Å². The van der Waals surface area contributed by atoms with Crippen LogP contribution in [0, 0.1) is 5.82 Å². The average Bonchev–Trinajstić information content (AvgIpc) is 3.36. The van der Waals surface area contributed by atoms with E-state index >= 15 is 0 Å². The summed E-state index contributed by atoms with van der Waals surface area (Å²) in [5, 5.41) is 2.69. The van der Waals surface area contributed by atoms with Gasteiger partial charge < -0.3 is 19.1 Å². The van der Waals surface area contributed by atoms with Crippen LogP contribution in [0.25, 0.3) is 0 Å². The van der Waals surface area contributed by atoms with Crippen LogP contribution < -0.4 is 5.32 Å². The molecule has 134 valence electrons. The van der Waals surface area contributed by atoms with Crippen molar-refractivity contribution in [1.29, 1.82) is 0 Å². The molecule has 3 rings (SSSR count). The maximum Gasteiger partial charge on any atom is 0.276 e. The zero-order valence-corrected chi connectivity index (χ0v) is 13.8. The van der Waals surface area contributed by atoms with Crippen LogP contribution in [0.3, 0.4) is 0 Å². The Balaban J connectivity index is 1.80. The molecule has 1 aromatic carbocycles. The molecule has 9 heteroatoms. The maximum absolute atomic E-state index is 13.2. The Morgan fingerprint density at radius 1 is 1.12 bits per heavy atom. The zero-order chi connectivity index (χ0) is 18.5. The number of benzene rings is 1. The third kappa shape index (κ3) is 3.77. The first kappa shape index (κ1) is 17.3. The molecule has 2 amide bonds. The number of carbonyl (C=O) groups excluding carboxylic acids is 2. The Labute approximate surface area is 147 Å². The molecule has 0 saturated carbocycles. The average molecular weight is 358 g/mol. The first-order valence-corrected chi connectivity index (χ1v) is 7.63. The fourth-order valence-corrected chi connectivity index (χ4v) is 2.41. The molecule has 0 bridgehead atoms. The van der Waals surface area contributed by atoms with Crippen molar-refractivity contribution in [3.63, 3.8) is 0 Å². The first-order valence-electron chi connectivity index (χ1n) is 7.63. The van der Waals surface area contributed by atoms with Crippen molar-refractivity contribution in [2.75, 3.05) is 13.6 Å². The molecule has 2 aromatic heterocycles. The van der Waals surface area contributed by atoms with Gasteiger partial charge in [-0.3, -0.25) is 9.59 Å². The van der Waals surface area contributed by atoms with Gasteiger partial charge in [0.1, 0.15) is 18.3 Å². The molecule has 0 radical (unpaired) electrons. The number of oxazole rings is 2. The highest BCUT2D eigenvalue weighted by molar-refractivity contribution is 5.93. The van der Waals surface area contributed by atoms with Crippen LogP contribution in [0.4, 0.5) is 4.39 Å². The van der Waals surface area contributed by atoms with E-state index in [1.807, 2.05) is 0 Å². The second-order valence-electron chi connectivity index (χ2n) is 5.44. The van der Waals surface area contributed by atoms with Crippen molar-refractivity contribution >= 4 is 11.8 Å². The molecule has 8 nitrogen and oxygen atoms in total. The molecule has 0 aliphatic rings. The third-order valence-corrected chi connectivity index (χ3v) is 3.81. The van der Waals surface area contributed by atoms with Crippen molar-refractivity contribution < 1.29 is 22.8 Å². The number of likely N-dealkylation sites (N-methyl/N-ethyl adjacent to an activating group) is 1. The summed E-state index contributed by atoms with van der Waals surface area (Å²) >= 11 is 0. The van der Waals surface area contributed by atoms with Gasteiger partial charge in [-0.25, -0.2) is 14.4 Å². The highest BCUT2D eigenvalue weighted by atomic mass is 19.1. The summed E-state index contributed by atoms with van der Waals surface area (Å²) in [7, 11) is 1.56. The van der Waals surface area contributed by atoms with E-state index in [2.05, 4.69) is 15.3 Å². The van der Waals surface area contributed by atoms with E-state index in [1.54, 1.807) is 19.2 Å². The van der Waals surface area contributed by atoms with E-state index in [9.17, 15) is 14.0 Å². The predicted octanol–water partition coefficient (Wildman–Crippen LogP) is 2.04. The Morgan fingerprint density at radius 2 is 1.73 bits per heavy atom. The molecule has 3 aromatic rings. The SMILES string of the molecule is CN(C(=O)c1cocn1)C(CNC(=O)c1cocn1)c1ccc(F)cc1. The molecule has 0 saturated heterocycles. The second kappa shape index (κ2) is 7.60. The van der Waals surface area contributed by atoms with Gasteiger partial charge in [-0.05, 0) is 17.7 Å². The minimum absolute atomic E-state index is 0.0808. The molecule has 1 N–H and O–H groups in total. The number of hydrogen-bond donors (Lipinski definition) is 1. The lowest BCUT2D eigenvalue weighted by atomic mass is 10.0. The molecule has 1 atom stereocenters. The highest BCUT2D eigenvalue weighted by Gasteiger charge is 2.25. The lowest BCUT2D eigenvalue weighted by Crippen LogP contribution is -2.39. The van der Waals surface area contributed by atoms with E-state index in [1.165, 1.54) is 29.6 Å². The Kier molecular flexibility index (Phi) is 5.07. The van der Waals surface area contributed by atoms with Crippen molar-refractivity contribution in [1.82, 2.24) is 20.2 Å². The highest BCUT2D eigenvalue weighted by Crippen LogP contribution is 2.21. The van der Waals surface area contributed by atoms with Gasteiger partial charge in [-0.15, -0.1) is 0 Å². The van der Waals surface area contributed by atoms with Gasteiger partial charge in [0.25, 0.3) is 11.8 Å². The normalized spacial score (nSPS) is 11.8. The summed E-state index contributed by atoms with van der Waals surface area (Å²) in [5.74, 6) is -1.25. The minimum Gasteiger partial charge on any atom is -0.451 e. The molecule has 0 fully saturated rings. The van der Waals surface area contributed by atoms with Gasteiger partial charge in [0.05, 0.1) is 6.04 Å². The van der Waals surface area contributed by atoms with Crippen LogP contribution in [0.1, 0.15) is 32.6 Å². The van der Waals surface area contributed by atoms with Crippen LogP contribution in [0.5, 0.6) is 0 Å². The second-order valence-corrected chi connectivity index (χ2v) is 5.44. The van der Waals surface area contributed by atoms with E-state index in [0.29, 0.717) is 5.56 Å². The van der Waals surface area contributed by atoms with E-state index in [-0.39, 0.29) is 17.9 Å². The molecule has 26 heavy (non-hydrogen) atoms. The van der Waals surface area contributed by atoms with Gasteiger partial charge in [0, 0.05) is 13.6 Å². The number of rotatable bonds is 6. The number of nitrogens with one attached hydrogen (secondary N) is 1.